The molecular formula is C16H20N2O4S. The zero-order chi connectivity index (χ0) is 16.4. The largest absolute Gasteiger partial charge is 0.493 e. The van der Waals surface area contributed by atoms with E-state index in [1.165, 1.54) is 0 Å². The molecule has 124 valence electrons. The maximum Gasteiger partial charge on any atom is 0.240 e. The van der Waals surface area contributed by atoms with Crippen LogP contribution in [0.1, 0.15) is 17.4 Å². The Morgan fingerprint density at radius 1 is 1.30 bits per heavy atom. The van der Waals surface area contributed by atoms with Gasteiger partial charge in [-0.05, 0) is 50.0 Å². The average Bonchev–Trinajstić information content (AvgIpc) is 3.17. The highest BCUT2D eigenvalue weighted by atomic mass is 32.2. The third-order valence-electron chi connectivity index (χ3n) is 3.93. The Labute approximate surface area is 136 Å². The summed E-state index contributed by atoms with van der Waals surface area (Å²) in [5.74, 6) is 1.49. The van der Waals surface area contributed by atoms with E-state index in [4.69, 9.17) is 9.15 Å². The van der Waals surface area contributed by atoms with Crippen LogP contribution in [0.4, 0.5) is 0 Å². The van der Waals surface area contributed by atoms with E-state index in [0.29, 0.717) is 6.61 Å². The fraction of sp³-hybridized carbons (Fsp3) is 0.375. The van der Waals surface area contributed by atoms with Gasteiger partial charge in [-0.3, -0.25) is 4.90 Å². The Morgan fingerprint density at radius 3 is 2.83 bits per heavy atom. The summed E-state index contributed by atoms with van der Waals surface area (Å²) in [5.41, 5.74) is 0.933. The summed E-state index contributed by atoms with van der Waals surface area (Å²) < 4.78 is 38.5. The number of hydrogen-bond donors (Lipinski definition) is 1. The van der Waals surface area contributed by atoms with Crippen molar-refractivity contribution >= 4 is 10.0 Å². The van der Waals surface area contributed by atoms with Gasteiger partial charge in [0.1, 0.15) is 11.5 Å². The van der Waals surface area contributed by atoms with Crippen LogP contribution in [0.5, 0.6) is 5.75 Å². The molecule has 0 saturated heterocycles. The molecule has 0 spiro atoms. The molecule has 6 nitrogen and oxygen atoms in total. The van der Waals surface area contributed by atoms with Crippen molar-refractivity contribution < 1.29 is 17.6 Å². The molecule has 0 fully saturated rings. The first-order chi connectivity index (χ1) is 11.0. The van der Waals surface area contributed by atoms with Gasteiger partial charge in [-0.25, -0.2) is 13.1 Å². The highest BCUT2D eigenvalue weighted by Crippen LogP contribution is 2.27. The normalized spacial score (nSPS) is 15.4. The molecule has 2 aromatic rings. The Morgan fingerprint density at radius 2 is 2.13 bits per heavy atom. The maximum absolute atomic E-state index is 12.5. The molecule has 1 atom stereocenters. The summed E-state index contributed by atoms with van der Waals surface area (Å²) in [7, 11) is 0.191. The van der Waals surface area contributed by atoms with Gasteiger partial charge >= 0.3 is 0 Å². The van der Waals surface area contributed by atoms with Crippen LogP contribution < -0.4 is 9.46 Å². The smallest absolute Gasteiger partial charge is 0.240 e. The minimum absolute atomic E-state index is 0.169. The van der Waals surface area contributed by atoms with Crippen molar-refractivity contribution in [3.63, 3.8) is 0 Å². The van der Waals surface area contributed by atoms with E-state index in [0.717, 1.165) is 23.5 Å². The van der Waals surface area contributed by atoms with Crippen molar-refractivity contribution in [1.82, 2.24) is 9.62 Å². The van der Waals surface area contributed by atoms with E-state index in [-0.39, 0.29) is 17.5 Å². The number of furan rings is 1. The second kappa shape index (κ2) is 6.35. The minimum Gasteiger partial charge on any atom is -0.493 e. The zero-order valence-corrected chi connectivity index (χ0v) is 14.0. The number of benzene rings is 1. The Bertz CT molecular complexity index is 769. The molecule has 1 aliphatic heterocycles. The summed E-state index contributed by atoms with van der Waals surface area (Å²) in [6.45, 7) is 0.837. The summed E-state index contributed by atoms with van der Waals surface area (Å²) in [5, 5.41) is 0. The van der Waals surface area contributed by atoms with E-state index in [2.05, 4.69) is 4.72 Å². The van der Waals surface area contributed by atoms with Gasteiger partial charge in [-0.2, -0.15) is 0 Å². The molecule has 0 saturated carbocycles. The molecule has 0 bridgehead atoms. The molecule has 23 heavy (non-hydrogen) atoms. The Kier molecular flexibility index (Phi) is 4.43. The third kappa shape index (κ3) is 3.41. The second-order valence-electron chi connectivity index (χ2n) is 5.71. The molecule has 0 aliphatic carbocycles. The number of hydrogen-bond acceptors (Lipinski definition) is 5. The molecule has 0 amide bonds. The lowest BCUT2D eigenvalue weighted by atomic mass is 10.2. The molecule has 7 heteroatoms. The van der Waals surface area contributed by atoms with E-state index < -0.39 is 10.0 Å². The van der Waals surface area contributed by atoms with Gasteiger partial charge in [0, 0.05) is 13.0 Å². The lowest BCUT2D eigenvalue weighted by Gasteiger charge is -2.22. The quantitative estimate of drug-likeness (QED) is 0.871. The van der Waals surface area contributed by atoms with Gasteiger partial charge in [0.2, 0.25) is 10.0 Å². The highest BCUT2D eigenvalue weighted by molar-refractivity contribution is 7.89. The summed E-state index contributed by atoms with van der Waals surface area (Å²) in [6, 6.07) is 8.43. The first-order valence-corrected chi connectivity index (χ1v) is 8.91. The molecule has 3 rings (SSSR count). The van der Waals surface area contributed by atoms with Crippen molar-refractivity contribution in [3.8, 4) is 5.75 Å². The van der Waals surface area contributed by atoms with Gasteiger partial charge in [-0.1, -0.05) is 0 Å². The van der Waals surface area contributed by atoms with Crippen LogP contribution in [0.3, 0.4) is 0 Å². The van der Waals surface area contributed by atoms with E-state index in [1.807, 2.05) is 25.1 Å². The predicted molar refractivity (Wildman–Crippen MR) is 86.0 cm³/mol. The number of fused-ring (bicyclic) bond motifs is 1. The standard InChI is InChI=1S/C16H20N2O4S/c1-18(2)14(16-4-3-8-21-16)11-17-23(19,20)13-5-6-15-12(10-13)7-9-22-15/h3-6,8,10,14,17H,7,9,11H2,1-2H3. The molecule has 2 heterocycles. The number of ether oxygens (including phenoxy) is 1. The van der Waals surface area contributed by atoms with E-state index in [9.17, 15) is 8.42 Å². The minimum atomic E-state index is -3.58. The molecule has 1 aliphatic rings. The summed E-state index contributed by atoms with van der Waals surface area (Å²) >= 11 is 0. The topological polar surface area (TPSA) is 71.8 Å². The molecular weight excluding hydrogens is 316 g/mol. The number of sulfonamides is 1. The van der Waals surface area contributed by atoms with Crippen molar-refractivity contribution in [3.05, 3.63) is 47.9 Å². The van der Waals surface area contributed by atoms with Crippen molar-refractivity contribution in [1.29, 1.82) is 0 Å². The first-order valence-electron chi connectivity index (χ1n) is 7.42. The van der Waals surface area contributed by atoms with E-state index >= 15 is 0 Å². The lowest BCUT2D eigenvalue weighted by Crippen LogP contribution is -2.34. The van der Waals surface area contributed by atoms with E-state index in [1.54, 1.807) is 30.5 Å². The molecule has 0 radical (unpaired) electrons. The monoisotopic (exact) mass is 336 g/mol. The predicted octanol–water partition coefficient (Wildman–Crippen LogP) is 1.80. The average molecular weight is 336 g/mol. The molecule has 1 aromatic carbocycles. The molecule has 1 unspecified atom stereocenters. The van der Waals surface area contributed by atoms with Crippen LogP contribution in [0.25, 0.3) is 0 Å². The van der Waals surface area contributed by atoms with Gasteiger partial charge in [0.15, 0.2) is 0 Å². The number of nitrogens with one attached hydrogen (secondary N) is 1. The van der Waals surface area contributed by atoms with Crippen molar-refractivity contribution in [2.45, 2.75) is 17.4 Å². The van der Waals surface area contributed by atoms with Gasteiger partial charge in [-0.15, -0.1) is 0 Å². The van der Waals surface area contributed by atoms with Crippen molar-refractivity contribution in [2.75, 3.05) is 27.2 Å². The number of nitrogens with zero attached hydrogens (tertiary/aromatic N) is 1. The number of rotatable bonds is 6. The van der Waals surface area contributed by atoms with Crippen LogP contribution in [0.15, 0.2) is 45.9 Å². The van der Waals surface area contributed by atoms with Crippen LogP contribution in [0.2, 0.25) is 0 Å². The summed E-state index contributed by atoms with van der Waals surface area (Å²) in [4.78, 5) is 2.18. The Hall–Kier alpha value is -1.83. The highest BCUT2D eigenvalue weighted by Gasteiger charge is 2.23. The fourth-order valence-electron chi connectivity index (χ4n) is 2.62. The van der Waals surface area contributed by atoms with Crippen LogP contribution >= 0.6 is 0 Å². The zero-order valence-electron chi connectivity index (χ0n) is 13.2. The van der Waals surface area contributed by atoms with Crippen molar-refractivity contribution in [2.24, 2.45) is 0 Å². The second-order valence-corrected chi connectivity index (χ2v) is 7.48. The van der Waals surface area contributed by atoms with Gasteiger partial charge in [0.05, 0.1) is 23.8 Å². The van der Waals surface area contributed by atoms with Crippen LogP contribution in [0, 0.1) is 0 Å². The Balaban J connectivity index is 1.76. The van der Waals surface area contributed by atoms with Gasteiger partial charge in [0.25, 0.3) is 0 Å². The molecule has 1 aromatic heterocycles. The number of likely N-dealkylation sites (N-methyl/N-ethyl adjacent to an activating group) is 1. The fourth-order valence-corrected chi connectivity index (χ4v) is 3.71. The van der Waals surface area contributed by atoms with Crippen LogP contribution in [-0.2, 0) is 16.4 Å². The summed E-state index contributed by atoms with van der Waals surface area (Å²) in [6.07, 6.45) is 2.33. The lowest BCUT2D eigenvalue weighted by molar-refractivity contribution is 0.259. The third-order valence-corrected chi connectivity index (χ3v) is 5.35. The first kappa shape index (κ1) is 16.0. The van der Waals surface area contributed by atoms with Crippen LogP contribution in [-0.4, -0.2) is 40.6 Å². The SMILES string of the molecule is CN(C)C(CNS(=O)(=O)c1ccc2c(c1)CCO2)c1ccco1. The van der Waals surface area contributed by atoms with Gasteiger partial charge < -0.3 is 9.15 Å². The maximum atomic E-state index is 12.5. The molecule has 1 N–H and O–H groups in total.